The van der Waals surface area contributed by atoms with Gasteiger partial charge < -0.3 is 4.90 Å². The molecule has 0 spiro atoms. The smallest absolute Gasteiger partial charge is 0.164 e. The highest BCUT2D eigenvalue weighted by Gasteiger charge is 2.26. The first kappa shape index (κ1) is 11.3. The lowest BCUT2D eigenvalue weighted by Crippen LogP contribution is -2.24. The number of aryl methyl sites for hydroxylation is 1. The van der Waals surface area contributed by atoms with Gasteiger partial charge in [-0.15, -0.1) is 0 Å². The van der Waals surface area contributed by atoms with Crippen molar-refractivity contribution >= 4 is 5.78 Å². The van der Waals surface area contributed by atoms with Crippen molar-refractivity contribution in [2.45, 2.75) is 32.2 Å². The molecule has 16 heavy (non-hydrogen) atoms. The van der Waals surface area contributed by atoms with Crippen molar-refractivity contribution in [2.75, 3.05) is 13.6 Å². The van der Waals surface area contributed by atoms with Gasteiger partial charge in [0.1, 0.15) is 0 Å². The Morgan fingerprint density at radius 2 is 2.06 bits per heavy atom. The summed E-state index contributed by atoms with van der Waals surface area (Å²) in [5.74, 6) is 0.269. The fourth-order valence-corrected chi connectivity index (χ4v) is 2.00. The molecule has 0 amide bonds. The van der Waals surface area contributed by atoms with E-state index in [0.29, 0.717) is 6.42 Å². The van der Waals surface area contributed by atoms with Gasteiger partial charge in [0.05, 0.1) is 0 Å². The SMILES string of the molecule is Cc1ccccc1C(=O)CCN(C)C1CC1. The highest BCUT2D eigenvalue weighted by atomic mass is 16.1. The molecule has 0 aromatic heterocycles. The third-order valence-corrected chi connectivity index (χ3v) is 3.31. The summed E-state index contributed by atoms with van der Waals surface area (Å²) in [6, 6.07) is 8.57. The molecule has 0 radical (unpaired) electrons. The first-order valence-corrected chi connectivity index (χ1v) is 5.97. The lowest BCUT2D eigenvalue weighted by Gasteiger charge is -2.14. The van der Waals surface area contributed by atoms with Crippen molar-refractivity contribution in [1.29, 1.82) is 0 Å². The average Bonchev–Trinajstić information content (AvgIpc) is 3.10. The second kappa shape index (κ2) is 4.79. The van der Waals surface area contributed by atoms with Crippen LogP contribution in [0.25, 0.3) is 0 Å². The van der Waals surface area contributed by atoms with Gasteiger partial charge in [-0.2, -0.15) is 0 Å². The van der Waals surface area contributed by atoms with Crippen molar-refractivity contribution in [3.8, 4) is 0 Å². The van der Waals surface area contributed by atoms with E-state index in [1.54, 1.807) is 0 Å². The van der Waals surface area contributed by atoms with E-state index in [0.717, 1.165) is 23.7 Å². The van der Waals surface area contributed by atoms with Crippen LogP contribution in [0.1, 0.15) is 35.2 Å². The average molecular weight is 217 g/mol. The summed E-state index contributed by atoms with van der Waals surface area (Å²) in [6.45, 7) is 2.88. The van der Waals surface area contributed by atoms with E-state index in [1.165, 1.54) is 12.8 Å². The predicted molar refractivity (Wildman–Crippen MR) is 65.8 cm³/mol. The van der Waals surface area contributed by atoms with E-state index in [9.17, 15) is 4.79 Å². The molecule has 0 bridgehead atoms. The van der Waals surface area contributed by atoms with E-state index in [-0.39, 0.29) is 5.78 Å². The first-order chi connectivity index (χ1) is 7.68. The first-order valence-electron chi connectivity index (χ1n) is 5.97. The summed E-state index contributed by atoms with van der Waals surface area (Å²) in [5.41, 5.74) is 1.97. The van der Waals surface area contributed by atoms with Crippen LogP contribution in [-0.4, -0.2) is 30.3 Å². The Labute approximate surface area is 97.3 Å². The van der Waals surface area contributed by atoms with Crippen LogP contribution in [0, 0.1) is 6.92 Å². The number of carbonyl (C=O) groups is 1. The van der Waals surface area contributed by atoms with Gasteiger partial charge >= 0.3 is 0 Å². The number of carbonyl (C=O) groups excluding carboxylic acids is 1. The number of hydrogen-bond donors (Lipinski definition) is 0. The van der Waals surface area contributed by atoms with E-state index in [1.807, 2.05) is 31.2 Å². The zero-order valence-corrected chi connectivity index (χ0v) is 10.1. The van der Waals surface area contributed by atoms with Crippen molar-refractivity contribution in [3.05, 3.63) is 35.4 Å². The van der Waals surface area contributed by atoms with Gasteiger partial charge in [-0.3, -0.25) is 4.79 Å². The molecule has 0 N–H and O–H groups in total. The minimum atomic E-state index is 0.269. The number of rotatable bonds is 5. The molecule has 2 rings (SSSR count). The van der Waals surface area contributed by atoms with E-state index >= 15 is 0 Å². The van der Waals surface area contributed by atoms with Gasteiger partial charge in [0.15, 0.2) is 5.78 Å². The van der Waals surface area contributed by atoms with E-state index < -0.39 is 0 Å². The maximum atomic E-state index is 12.0. The second-order valence-corrected chi connectivity index (χ2v) is 4.70. The standard InChI is InChI=1S/C14H19NO/c1-11-5-3-4-6-13(11)14(16)9-10-15(2)12-7-8-12/h3-6,12H,7-10H2,1-2H3. The molecule has 0 aliphatic heterocycles. The highest BCUT2D eigenvalue weighted by Crippen LogP contribution is 2.25. The van der Waals surface area contributed by atoms with Crippen LogP contribution in [0.5, 0.6) is 0 Å². The maximum Gasteiger partial charge on any atom is 0.164 e. The molecule has 1 fully saturated rings. The fourth-order valence-electron chi connectivity index (χ4n) is 2.00. The van der Waals surface area contributed by atoms with Crippen molar-refractivity contribution in [1.82, 2.24) is 4.90 Å². The molecule has 1 aliphatic carbocycles. The highest BCUT2D eigenvalue weighted by molar-refractivity contribution is 5.97. The predicted octanol–water partition coefficient (Wildman–Crippen LogP) is 2.66. The molecule has 1 saturated carbocycles. The summed E-state index contributed by atoms with van der Waals surface area (Å²) in [7, 11) is 2.11. The Hall–Kier alpha value is -1.15. The van der Waals surface area contributed by atoms with Crippen molar-refractivity contribution in [3.63, 3.8) is 0 Å². The van der Waals surface area contributed by atoms with E-state index in [2.05, 4.69) is 11.9 Å². The van der Waals surface area contributed by atoms with Crippen LogP contribution in [0.15, 0.2) is 24.3 Å². The van der Waals surface area contributed by atoms with Crippen LogP contribution in [0.3, 0.4) is 0 Å². The van der Waals surface area contributed by atoms with Crippen LogP contribution >= 0.6 is 0 Å². The molecule has 0 saturated heterocycles. The fraction of sp³-hybridized carbons (Fsp3) is 0.500. The lowest BCUT2D eigenvalue weighted by atomic mass is 10.0. The van der Waals surface area contributed by atoms with Gasteiger partial charge in [0, 0.05) is 24.6 Å². The maximum absolute atomic E-state index is 12.0. The number of hydrogen-bond acceptors (Lipinski definition) is 2. The Bertz CT molecular complexity index is 382. The Kier molecular flexibility index (Phi) is 3.39. The molecular formula is C14H19NO. The molecule has 0 unspecified atom stereocenters. The number of Topliss-reactive ketones (excluding diaryl/α,β-unsaturated/α-hetero) is 1. The summed E-state index contributed by atoms with van der Waals surface area (Å²) in [4.78, 5) is 14.3. The van der Waals surface area contributed by atoms with Gasteiger partial charge in [-0.25, -0.2) is 0 Å². The minimum absolute atomic E-state index is 0.269. The summed E-state index contributed by atoms with van der Waals surface area (Å²) in [5, 5.41) is 0. The third-order valence-electron chi connectivity index (χ3n) is 3.31. The van der Waals surface area contributed by atoms with Gasteiger partial charge in [0.25, 0.3) is 0 Å². The quantitative estimate of drug-likeness (QED) is 0.707. The number of benzene rings is 1. The normalized spacial score (nSPS) is 15.4. The second-order valence-electron chi connectivity index (χ2n) is 4.70. The van der Waals surface area contributed by atoms with Crippen LogP contribution < -0.4 is 0 Å². The Morgan fingerprint density at radius 1 is 1.38 bits per heavy atom. The number of ketones is 1. The molecule has 1 aromatic carbocycles. The Balaban J connectivity index is 1.90. The van der Waals surface area contributed by atoms with Crippen LogP contribution in [0.2, 0.25) is 0 Å². The third kappa shape index (κ3) is 2.70. The molecule has 0 atom stereocenters. The minimum Gasteiger partial charge on any atom is -0.303 e. The van der Waals surface area contributed by atoms with Crippen molar-refractivity contribution in [2.24, 2.45) is 0 Å². The Morgan fingerprint density at radius 3 is 2.69 bits per heavy atom. The molecule has 1 aromatic rings. The monoisotopic (exact) mass is 217 g/mol. The number of nitrogens with zero attached hydrogens (tertiary/aromatic N) is 1. The molecule has 1 aliphatic rings. The lowest BCUT2D eigenvalue weighted by molar-refractivity contribution is 0.0967. The zero-order chi connectivity index (χ0) is 11.5. The molecule has 86 valence electrons. The molecule has 0 heterocycles. The summed E-state index contributed by atoms with van der Waals surface area (Å²) < 4.78 is 0. The largest absolute Gasteiger partial charge is 0.303 e. The molecule has 2 nitrogen and oxygen atoms in total. The molecular weight excluding hydrogens is 198 g/mol. The van der Waals surface area contributed by atoms with Gasteiger partial charge in [0.2, 0.25) is 0 Å². The van der Waals surface area contributed by atoms with Gasteiger partial charge in [-0.1, -0.05) is 24.3 Å². The summed E-state index contributed by atoms with van der Waals surface area (Å²) >= 11 is 0. The van der Waals surface area contributed by atoms with Crippen LogP contribution in [0.4, 0.5) is 0 Å². The van der Waals surface area contributed by atoms with Gasteiger partial charge in [-0.05, 0) is 32.4 Å². The molecule has 2 heteroatoms. The van der Waals surface area contributed by atoms with Crippen molar-refractivity contribution < 1.29 is 4.79 Å². The summed E-state index contributed by atoms with van der Waals surface area (Å²) in [6.07, 6.45) is 3.24. The topological polar surface area (TPSA) is 20.3 Å². The van der Waals surface area contributed by atoms with E-state index in [4.69, 9.17) is 0 Å². The van der Waals surface area contributed by atoms with Crippen LogP contribution in [-0.2, 0) is 0 Å². The zero-order valence-electron chi connectivity index (χ0n) is 10.1.